The van der Waals surface area contributed by atoms with Crippen molar-refractivity contribution in [2.45, 2.75) is 38.8 Å². The molecule has 0 spiro atoms. The number of thiazole rings is 1. The molecule has 0 saturated carbocycles. The topological polar surface area (TPSA) is 88.3 Å². The Hall–Kier alpha value is -1.47. The van der Waals surface area contributed by atoms with Crippen molar-refractivity contribution in [3.8, 4) is 0 Å². The fraction of sp³-hybridized carbons (Fsp3) is 0.615. The number of hydrogen-bond donors (Lipinski definition) is 2. The molecule has 0 aliphatic carbocycles. The molecule has 0 radical (unpaired) electrons. The summed E-state index contributed by atoms with van der Waals surface area (Å²) in [4.78, 5) is 31.1. The van der Waals surface area contributed by atoms with E-state index >= 15 is 0 Å². The van der Waals surface area contributed by atoms with E-state index in [2.05, 4.69) is 10.3 Å². The van der Waals surface area contributed by atoms with E-state index in [0.717, 1.165) is 15.6 Å². The fourth-order valence-electron chi connectivity index (χ4n) is 2.54. The molecular weight excluding hydrogens is 276 g/mol. The van der Waals surface area contributed by atoms with Crippen LogP contribution in [-0.4, -0.2) is 47.4 Å². The number of carbonyl (C=O) groups is 2. The van der Waals surface area contributed by atoms with Crippen LogP contribution in [-0.2, 0) is 16.0 Å². The molecule has 6 nitrogen and oxygen atoms in total. The predicted molar refractivity (Wildman–Crippen MR) is 77.5 cm³/mol. The van der Waals surface area contributed by atoms with Gasteiger partial charge in [-0.3, -0.25) is 9.59 Å². The van der Waals surface area contributed by atoms with Crippen molar-refractivity contribution in [3.63, 3.8) is 0 Å². The summed E-state index contributed by atoms with van der Waals surface area (Å²) in [5, 5.41) is 3.54. The third kappa shape index (κ3) is 2.99. The van der Waals surface area contributed by atoms with Gasteiger partial charge in [0.15, 0.2) is 0 Å². The SMILES string of the molecule is CNC(=O)[C@@H]1C[C@H](N)CN1C(=O)Cc1sc(C)nc1C. The smallest absolute Gasteiger partial charge is 0.242 e. The summed E-state index contributed by atoms with van der Waals surface area (Å²) in [5.41, 5.74) is 6.78. The molecule has 2 rings (SSSR count). The van der Waals surface area contributed by atoms with E-state index in [9.17, 15) is 9.59 Å². The van der Waals surface area contributed by atoms with Crippen LogP contribution in [0.25, 0.3) is 0 Å². The number of likely N-dealkylation sites (N-methyl/N-ethyl adjacent to an activating group) is 1. The number of nitrogens with two attached hydrogens (primary N) is 1. The van der Waals surface area contributed by atoms with Crippen LogP contribution in [0.1, 0.15) is 22.0 Å². The molecular formula is C13H20N4O2S. The number of likely N-dealkylation sites (tertiary alicyclic amines) is 1. The Balaban J connectivity index is 2.11. The van der Waals surface area contributed by atoms with E-state index in [-0.39, 0.29) is 24.3 Å². The second kappa shape index (κ2) is 5.88. The first-order valence-electron chi connectivity index (χ1n) is 6.62. The zero-order valence-corrected chi connectivity index (χ0v) is 12.8. The quantitative estimate of drug-likeness (QED) is 0.820. The number of aromatic nitrogens is 1. The monoisotopic (exact) mass is 296 g/mol. The summed E-state index contributed by atoms with van der Waals surface area (Å²) in [6, 6.07) is -0.581. The van der Waals surface area contributed by atoms with Gasteiger partial charge in [-0.25, -0.2) is 4.98 Å². The minimum Gasteiger partial charge on any atom is -0.357 e. The van der Waals surface area contributed by atoms with Crippen LogP contribution in [0.3, 0.4) is 0 Å². The normalized spacial score (nSPS) is 22.1. The van der Waals surface area contributed by atoms with Crippen LogP contribution in [0.5, 0.6) is 0 Å². The second-order valence-corrected chi connectivity index (χ2v) is 6.38. The maximum atomic E-state index is 12.4. The Morgan fingerprint density at radius 2 is 2.20 bits per heavy atom. The molecule has 2 atom stereocenters. The molecule has 1 aliphatic heterocycles. The van der Waals surface area contributed by atoms with Crippen molar-refractivity contribution in [2.75, 3.05) is 13.6 Å². The van der Waals surface area contributed by atoms with Gasteiger partial charge >= 0.3 is 0 Å². The Kier molecular flexibility index (Phi) is 4.39. The third-order valence-electron chi connectivity index (χ3n) is 3.51. The maximum Gasteiger partial charge on any atom is 0.242 e. The molecule has 7 heteroatoms. The molecule has 0 unspecified atom stereocenters. The second-order valence-electron chi connectivity index (χ2n) is 5.09. The number of amides is 2. The number of rotatable bonds is 3. The summed E-state index contributed by atoms with van der Waals surface area (Å²) in [7, 11) is 1.57. The van der Waals surface area contributed by atoms with Crippen molar-refractivity contribution < 1.29 is 9.59 Å². The van der Waals surface area contributed by atoms with E-state index < -0.39 is 6.04 Å². The van der Waals surface area contributed by atoms with Crippen LogP contribution >= 0.6 is 11.3 Å². The number of nitrogens with one attached hydrogen (secondary N) is 1. The van der Waals surface area contributed by atoms with E-state index in [4.69, 9.17) is 5.73 Å². The fourth-order valence-corrected chi connectivity index (χ4v) is 3.46. The van der Waals surface area contributed by atoms with Gasteiger partial charge in [0.25, 0.3) is 0 Å². The third-order valence-corrected chi connectivity index (χ3v) is 4.59. The predicted octanol–water partition coefficient (Wildman–Crippen LogP) is -0.0234. The highest BCUT2D eigenvalue weighted by Crippen LogP contribution is 2.22. The molecule has 110 valence electrons. The van der Waals surface area contributed by atoms with Crippen molar-refractivity contribution in [1.29, 1.82) is 0 Å². The molecule has 3 N–H and O–H groups in total. The van der Waals surface area contributed by atoms with E-state index in [1.54, 1.807) is 11.9 Å². The van der Waals surface area contributed by atoms with Crippen molar-refractivity contribution >= 4 is 23.2 Å². The van der Waals surface area contributed by atoms with E-state index in [1.165, 1.54) is 11.3 Å². The first kappa shape index (κ1) is 14.9. The number of carbonyl (C=O) groups excluding carboxylic acids is 2. The minimum absolute atomic E-state index is 0.0571. The highest BCUT2D eigenvalue weighted by Gasteiger charge is 2.37. The Morgan fingerprint density at radius 3 is 2.75 bits per heavy atom. The maximum absolute atomic E-state index is 12.4. The first-order chi connectivity index (χ1) is 9.42. The van der Waals surface area contributed by atoms with Crippen molar-refractivity contribution in [1.82, 2.24) is 15.2 Å². The molecule has 2 amide bonds. The van der Waals surface area contributed by atoms with Crippen LogP contribution in [0.15, 0.2) is 0 Å². The summed E-state index contributed by atoms with van der Waals surface area (Å²) >= 11 is 1.53. The molecule has 1 aromatic rings. The lowest BCUT2D eigenvalue weighted by atomic mass is 10.1. The number of aryl methyl sites for hydroxylation is 2. The van der Waals surface area contributed by atoms with Gasteiger partial charge in [-0.2, -0.15) is 0 Å². The summed E-state index contributed by atoms with van der Waals surface area (Å²) < 4.78 is 0. The highest BCUT2D eigenvalue weighted by atomic mass is 32.1. The Morgan fingerprint density at radius 1 is 1.50 bits per heavy atom. The van der Waals surface area contributed by atoms with E-state index in [1.807, 2.05) is 13.8 Å². The Labute approximate surface area is 122 Å². The molecule has 1 fully saturated rings. The lowest BCUT2D eigenvalue weighted by Gasteiger charge is -2.23. The van der Waals surface area contributed by atoms with Gasteiger partial charge in [0, 0.05) is 24.5 Å². The van der Waals surface area contributed by atoms with Crippen LogP contribution in [0.2, 0.25) is 0 Å². The van der Waals surface area contributed by atoms with Crippen LogP contribution in [0.4, 0.5) is 0 Å². The molecule has 0 bridgehead atoms. The summed E-state index contributed by atoms with van der Waals surface area (Å²) in [6.07, 6.45) is 0.809. The molecule has 20 heavy (non-hydrogen) atoms. The average Bonchev–Trinajstić information content (AvgIpc) is 2.92. The van der Waals surface area contributed by atoms with Crippen molar-refractivity contribution in [3.05, 3.63) is 15.6 Å². The Bertz CT molecular complexity index is 528. The highest BCUT2D eigenvalue weighted by molar-refractivity contribution is 7.11. The lowest BCUT2D eigenvalue weighted by Crippen LogP contribution is -2.45. The average molecular weight is 296 g/mol. The van der Waals surface area contributed by atoms with Crippen LogP contribution < -0.4 is 11.1 Å². The molecule has 1 aromatic heterocycles. The molecule has 1 aliphatic rings. The summed E-state index contributed by atoms with van der Waals surface area (Å²) in [6.45, 7) is 4.26. The van der Waals surface area contributed by atoms with E-state index in [0.29, 0.717) is 13.0 Å². The van der Waals surface area contributed by atoms with Gasteiger partial charge in [-0.1, -0.05) is 0 Å². The standard InChI is InChI=1S/C13H20N4O2S/c1-7-11(20-8(2)16-7)5-12(18)17-6-9(14)4-10(17)13(19)15-3/h9-10H,4-6,14H2,1-3H3,(H,15,19)/t9-,10-/m0/s1. The largest absolute Gasteiger partial charge is 0.357 e. The van der Waals surface area contributed by atoms with Gasteiger partial charge in [-0.15, -0.1) is 11.3 Å². The van der Waals surface area contributed by atoms with Gasteiger partial charge in [0.1, 0.15) is 6.04 Å². The minimum atomic E-state index is -0.447. The molecule has 0 aromatic carbocycles. The summed E-state index contributed by atoms with van der Waals surface area (Å²) in [5.74, 6) is -0.207. The van der Waals surface area contributed by atoms with Crippen LogP contribution in [0, 0.1) is 13.8 Å². The number of hydrogen-bond acceptors (Lipinski definition) is 5. The zero-order valence-electron chi connectivity index (χ0n) is 12.0. The number of nitrogens with zero attached hydrogens (tertiary/aromatic N) is 2. The molecule has 1 saturated heterocycles. The zero-order chi connectivity index (χ0) is 14.9. The van der Waals surface area contributed by atoms with Gasteiger partial charge in [-0.05, 0) is 20.3 Å². The molecule has 2 heterocycles. The lowest BCUT2D eigenvalue weighted by molar-refractivity contribution is -0.137. The van der Waals surface area contributed by atoms with Crippen molar-refractivity contribution in [2.24, 2.45) is 5.73 Å². The first-order valence-corrected chi connectivity index (χ1v) is 7.43. The van der Waals surface area contributed by atoms with Gasteiger partial charge < -0.3 is 16.0 Å². The van der Waals surface area contributed by atoms with Gasteiger partial charge in [0.2, 0.25) is 11.8 Å². The van der Waals surface area contributed by atoms with Gasteiger partial charge in [0.05, 0.1) is 17.1 Å².